The van der Waals surface area contributed by atoms with E-state index in [0.717, 1.165) is 22.9 Å². The van der Waals surface area contributed by atoms with E-state index in [9.17, 15) is 19.7 Å². The highest BCUT2D eigenvalue weighted by atomic mass is 35.5. The molecule has 1 N–H and O–H groups in total. The van der Waals surface area contributed by atoms with Crippen LogP contribution in [-0.2, 0) is 16.1 Å². The second-order valence-electron chi connectivity index (χ2n) is 7.69. The summed E-state index contributed by atoms with van der Waals surface area (Å²) >= 11 is 6.18. The Morgan fingerprint density at radius 2 is 1.83 bits per heavy atom. The SMILES string of the molecule is O=C(OCC(=O)N1CCC(c2ccccc2)=N1)c1cc([N+](=O)[O-])ccc1NCc1ccccc1Cl. The van der Waals surface area contributed by atoms with Gasteiger partial charge in [0.2, 0.25) is 0 Å². The van der Waals surface area contributed by atoms with Crippen LogP contribution in [0.2, 0.25) is 5.02 Å². The van der Waals surface area contributed by atoms with Crippen molar-refractivity contribution in [1.29, 1.82) is 0 Å². The molecule has 0 bridgehead atoms. The molecule has 3 aromatic carbocycles. The first kappa shape index (κ1) is 23.9. The Kier molecular flexibility index (Phi) is 7.37. The van der Waals surface area contributed by atoms with Gasteiger partial charge in [-0.1, -0.05) is 60.1 Å². The number of carbonyl (C=O) groups excluding carboxylic acids is 2. The van der Waals surface area contributed by atoms with Crippen LogP contribution in [0.4, 0.5) is 11.4 Å². The Labute approximate surface area is 206 Å². The van der Waals surface area contributed by atoms with Gasteiger partial charge in [-0.25, -0.2) is 9.80 Å². The summed E-state index contributed by atoms with van der Waals surface area (Å²) in [7, 11) is 0. The van der Waals surface area contributed by atoms with E-state index in [2.05, 4.69) is 10.4 Å². The third kappa shape index (κ3) is 5.82. The summed E-state index contributed by atoms with van der Waals surface area (Å²) in [6, 6.07) is 20.5. The van der Waals surface area contributed by atoms with Crippen LogP contribution in [0, 0.1) is 10.1 Å². The van der Waals surface area contributed by atoms with Crippen LogP contribution in [0.5, 0.6) is 0 Å². The van der Waals surface area contributed by atoms with Crippen LogP contribution in [0.15, 0.2) is 77.9 Å². The molecule has 0 aliphatic carbocycles. The van der Waals surface area contributed by atoms with Crippen molar-refractivity contribution >= 4 is 40.6 Å². The van der Waals surface area contributed by atoms with Gasteiger partial charge in [0, 0.05) is 35.8 Å². The molecule has 0 aromatic heterocycles. The van der Waals surface area contributed by atoms with Gasteiger partial charge in [0.05, 0.1) is 22.7 Å². The molecule has 1 amide bonds. The van der Waals surface area contributed by atoms with E-state index in [-0.39, 0.29) is 17.8 Å². The summed E-state index contributed by atoms with van der Waals surface area (Å²) in [5.74, 6) is -1.35. The number of anilines is 1. The fourth-order valence-corrected chi connectivity index (χ4v) is 3.75. The molecule has 1 heterocycles. The molecule has 0 spiro atoms. The number of ether oxygens (including phenoxy) is 1. The number of nitrogens with one attached hydrogen (secondary N) is 1. The molecule has 0 unspecified atom stereocenters. The summed E-state index contributed by atoms with van der Waals surface area (Å²) in [5, 5.41) is 20.4. The molecule has 0 radical (unpaired) electrons. The molecule has 1 aliphatic rings. The minimum absolute atomic E-state index is 0.0612. The van der Waals surface area contributed by atoms with Crippen molar-refractivity contribution in [3.63, 3.8) is 0 Å². The molecule has 0 saturated carbocycles. The van der Waals surface area contributed by atoms with Gasteiger partial charge in [-0.05, 0) is 23.3 Å². The molecular weight excluding hydrogens is 472 g/mol. The zero-order valence-corrected chi connectivity index (χ0v) is 19.3. The van der Waals surface area contributed by atoms with Crippen LogP contribution in [0.1, 0.15) is 27.9 Å². The lowest BCUT2D eigenvalue weighted by Gasteiger charge is -2.14. The Morgan fingerprint density at radius 3 is 2.57 bits per heavy atom. The topological polar surface area (TPSA) is 114 Å². The maximum absolute atomic E-state index is 12.8. The van der Waals surface area contributed by atoms with Crippen molar-refractivity contribution in [3.8, 4) is 0 Å². The number of hydrazone groups is 1. The minimum atomic E-state index is -0.866. The smallest absolute Gasteiger partial charge is 0.341 e. The van der Waals surface area contributed by atoms with Crippen LogP contribution in [0.25, 0.3) is 0 Å². The number of nitro benzene ring substituents is 1. The number of hydrogen-bond acceptors (Lipinski definition) is 7. The Balaban J connectivity index is 1.44. The number of carbonyl (C=O) groups is 2. The van der Waals surface area contributed by atoms with Gasteiger partial charge in [-0.3, -0.25) is 14.9 Å². The first-order chi connectivity index (χ1) is 16.9. The molecule has 10 heteroatoms. The zero-order valence-electron chi connectivity index (χ0n) is 18.5. The van der Waals surface area contributed by atoms with Crippen LogP contribution < -0.4 is 5.32 Å². The van der Waals surface area contributed by atoms with Crippen molar-refractivity contribution in [3.05, 3.63) is 105 Å². The van der Waals surface area contributed by atoms with E-state index >= 15 is 0 Å². The molecule has 4 rings (SSSR count). The minimum Gasteiger partial charge on any atom is -0.452 e. The number of esters is 1. The van der Waals surface area contributed by atoms with Crippen molar-refractivity contribution in [2.24, 2.45) is 5.10 Å². The number of amides is 1. The van der Waals surface area contributed by atoms with Gasteiger partial charge in [0.1, 0.15) is 0 Å². The fourth-order valence-electron chi connectivity index (χ4n) is 3.55. The van der Waals surface area contributed by atoms with Gasteiger partial charge in [-0.2, -0.15) is 5.10 Å². The molecule has 0 fully saturated rings. The number of rotatable bonds is 8. The summed E-state index contributed by atoms with van der Waals surface area (Å²) in [4.78, 5) is 36.0. The lowest BCUT2D eigenvalue weighted by Crippen LogP contribution is -2.29. The lowest BCUT2D eigenvalue weighted by atomic mass is 10.1. The number of non-ortho nitro benzene ring substituents is 1. The maximum atomic E-state index is 12.8. The van der Waals surface area contributed by atoms with Gasteiger partial charge in [0.15, 0.2) is 6.61 Å². The third-order valence-electron chi connectivity index (χ3n) is 5.38. The second-order valence-corrected chi connectivity index (χ2v) is 8.09. The average Bonchev–Trinajstić information content (AvgIpc) is 3.37. The Bertz CT molecular complexity index is 1300. The largest absolute Gasteiger partial charge is 0.452 e. The van der Waals surface area contributed by atoms with Gasteiger partial charge < -0.3 is 10.1 Å². The van der Waals surface area contributed by atoms with Crippen LogP contribution in [-0.4, -0.2) is 40.7 Å². The van der Waals surface area contributed by atoms with Crippen molar-refractivity contribution < 1.29 is 19.2 Å². The summed E-state index contributed by atoms with van der Waals surface area (Å²) in [5.41, 5.74) is 2.46. The predicted molar refractivity (Wildman–Crippen MR) is 131 cm³/mol. The highest BCUT2D eigenvalue weighted by Gasteiger charge is 2.24. The quantitative estimate of drug-likeness (QED) is 0.278. The third-order valence-corrected chi connectivity index (χ3v) is 5.75. The van der Waals surface area contributed by atoms with Gasteiger partial charge in [-0.15, -0.1) is 0 Å². The Morgan fingerprint density at radius 1 is 1.09 bits per heavy atom. The zero-order chi connectivity index (χ0) is 24.8. The standard InChI is InChI=1S/C25H21ClN4O5/c26-21-9-5-4-8-18(21)15-27-23-11-10-19(30(33)34)14-20(23)25(32)35-16-24(31)29-13-12-22(28-29)17-6-2-1-3-7-17/h1-11,14,27H,12-13,15-16H2. The molecule has 0 atom stereocenters. The first-order valence-electron chi connectivity index (χ1n) is 10.8. The summed E-state index contributed by atoms with van der Waals surface area (Å²) in [6.45, 7) is 0.112. The van der Waals surface area contributed by atoms with Gasteiger partial charge >= 0.3 is 5.97 Å². The van der Waals surface area contributed by atoms with Crippen LogP contribution >= 0.6 is 11.6 Å². The van der Waals surface area contributed by atoms with E-state index in [1.165, 1.54) is 17.1 Å². The predicted octanol–water partition coefficient (Wildman–Crippen LogP) is 4.65. The molecule has 9 nitrogen and oxygen atoms in total. The highest BCUT2D eigenvalue weighted by molar-refractivity contribution is 6.31. The van der Waals surface area contributed by atoms with E-state index in [0.29, 0.717) is 23.7 Å². The van der Waals surface area contributed by atoms with Crippen molar-refractivity contribution in [2.45, 2.75) is 13.0 Å². The molecule has 1 aliphatic heterocycles. The number of nitro groups is 1. The van der Waals surface area contributed by atoms with Crippen molar-refractivity contribution in [1.82, 2.24) is 5.01 Å². The summed E-state index contributed by atoms with van der Waals surface area (Å²) in [6.07, 6.45) is 0.588. The molecule has 3 aromatic rings. The second kappa shape index (κ2) is 10.8. The van der Waals surface area contributed by atoms with E-state index < -0.39 is 23.4 Å². The lowest BCUT2D eigenvalue weighted by molar-refractivity contribution is -0.384. The number of benzene rings is 3. The van der Waals surface area contributed by atoms with Gasteiger partial charge in [0.25, 0.3) is 11.6 Å². The first-order valence-corrected chi connectivity index (χ1v) is 11.2. The van der Waals surface area contributed by atoms with E-state index in [4.69, 9.17) is 16.3 Å². The Hall–Kier alpha value is -4.24. The highest BCUT2D eigenvalue weighted by Crippen LogP contribution is 2.25. The monoisotopic (exact) mass is 492 g/mol. The fraction of sp³-hybridized carbons (Fsp3) is 0.160. The van der Waals surface area contributed by atoms with Crippen molar-refractivity contribution in [2.75, 3.05) is 18.5 Å². The van der Waals surface area contributed by atoms with E-state index in [1.807, 2.05) is 42.5 Å². The average molecular weight is 493 g/mol. The maximum Gasteiger partial charge on any atom is 0.341 e. The number of halogens is 1. The number of hydrogen-bond donors (Lipinski definition) is 1. The number of nitrogens with zero attached hydrogens (tertiary/aromatic N) is 3. The molecule has 35 heavy (non-hydrogen) atoms. The van der Waals surface area contributed by atoms with E-state index in [1.54, 1.807) is 12.1 Å². The molecule has 0 saturated heterocycles. The molecular formula is C25H21ClN4O5. The normalized spacial score (nSPS) is 12.7. The molecule has 178 valence electrons. The summed E-state index contributed by atoms with van der Waals surface area (Å²) < 4.78 is 5.21. The van der Waals surface area contributed by atoms with Crippen LogP contribution in [0.3, 0.4) is 0 Å².